The molecule has 2 aromatic rings. The second kappa shape index (κ2) is 6.42. The number of hydrogen-bond acceptors (Lipinski definition) is 2. The zero-order chi connectivity index (χ0) is 17.2. The Kier molecular flexibility index (Phi) is 4.75. The molecule has 23 heavy (non-hydrogen) atoms. The van der Waals surface area contributed by atoms with E-state index < -0.39 is 24.2 Å². The third-order valence-electron chi connectivity index (χ3n) is 3.65. The van der Waals surface area contributed by atoms with Gasteiger partial charge in [0.2, 0.25) is 0 Å². The van der Waals surface area contributed by atoms with E-state index in [4.69, 9.17) is 5.11 Å². The summed E-state index contributed by atoms with van der Waals surface area (Å²) in [5.74, 6) is -1.56. The van der Waals surface area contributed by atoms with E-state index in [0.29, 0.717) is 11.1 Å². The molecule has 3 nitrogen and oxygen atoms in total. The molecule has 0 fully saturated rings. The molecule has 0 heterocycles. The van der Waals surface area contributed by atoms with Crippen molar-refractivity contribution < 1.29 is 28.2 Å². The average Bonchev–Trinajstić information content (AvgIpc) is 2.53. The van der Waals surface area contributed by atoms with Crippen LogP contribution in [0.4, 0.5) is 13.2 Å². The van der Waals surface area contributed by atoms with E-state index in [1.165, 1.54) is 24.3 Å². The highest BCUT2D eigenvalue weighted by Crippen LogP contribution is 2.33. The Morgan fingerprint density at radius 2 is 1.30 bits per heavy atom. The fourth-order valence-corrected chi connectivity index (χ4v) is 2.15. The Hall–Kier alpha value is -2.34. The molecule has 0 saturated carbocycles. The fraction of sp³-hybridized carbons (Fsp3) is 0.235. The summed E-state index contributed by atoms with van der Waals surface area (Å²) in [4.78, 5) is 10.9. The molecule has 2 atom stereocenters. The second-order valence-corrected chi connectivity index (χ2v) is 5.25. The minimum atomic E-state index is -4.70. The Labute approximate surface area is 131 Å². The summed E-state index contributed by atoms with van der Waals surface area (Å²) >= 11 is 0. The lowest BCUT2D eigenvalue weighted by atomic mass is 9.97. The lowest BCUT2D eigenvalue weighted by Gasteiger charge is -2.15. The molecule has 0 aliphatic rings. The summed E-state index contributed by atoms with van der Waals surface area (Å²) in [7, 11) is 0. The molecule has 0 radical (unpaired) electrons. The molecule has 0 spiro atoms. The van der Waals surface area contributed by atoms with Gasteiger partial charge in [0.05, 0.1) is 5.92 Å². The van der Waals surface area contributed by atoms with Crippen molar-refractivity contribution in [2.75, 3.05) is 0 Å². The summed E-state index contributed by atoms with van der Waals surface area (Å²) in [5, 5.41) is 18.1. The van der Waals surface area contributed by atoms with Gasteiger partial charge in [-0.3, -0.25) is 4.79 Å². The second-order valence-electron chi connectivity index (χ2n) is 5.25. The van der Waals surface area contributed by atoms with Crippen molar-refractivity contribution in [3.8, 4) is 11.1 Å². The van der Waals surface area contributed by atoms with E-state index in [0.717, 1.165) is 5.56 Å². The monoisotopic (exact) mass is 324 g/mol. The third-order valence-corrected chi connectivity index (χ3v) is 3.65. The number of alkyl halides is 3. The first-order valence-corrected chi connectivity index (χ1v) is 6.88. The topological polar surface area (TPSA) is 57.5 Å². The van der Waals surface area contributed by atoms with E-state index in [-0.39, 0.29) is 5.56 Å². The van der Waals surface area contributed by atoms with Crippen molar-refractivity contribution in [3.63, 3.8) is 0 Å². The maximum atomic E-state index is 12.4. The standard InChI is InChI=1S/C17H15F3O3/c1-10(16(22)23)11-2-4-12(5-3-11)13-6-8-14(9-7-13)15(21)17(18,19)20/h2-10,15,21H,1H3,(H,22,23)/t10-,15+/m0/s1. The zero-order valence-corrected chi connectivity index (χ0v) is 12.2. The van der Waals surface area contributed by atoms with Crippen LogP contribution in [0, 0.1) is 0 Å². The maximum Gasteiger partial charge on any atom is 0.418 e. The Morgan fingerprint density at radius 3 is 1.65 bits per heavy atom. The number of hydrogen-bond donors (Lipinski definition) is 2. The summed E-state index contributed by atoms with van der Waals surface area (Å²) in [6.07, 6.45) is -7.20. The van der Waals surface area contributed by atoms with Crippen molar-refractivity contribution in [3.05, 3.63) is 59.7 Å². The first kappa shape index (κ1) is 17.0. The number of aliphatic hydroxyl groups is 1. The summed E-state index contributed by atoms with van der Waals surface area (Å²) in [5.41, 5.74) is 1.85. The van der Waals surface area contributed by atoms with Gasteiger partial charge in [-0.2, -0.15) is 13.2 Å². The average molecular weight is 324 g/mol. The first-order valence-electron chi connectivity index (χ1n) is 6.88. The highest BCUT2D eigenvalue weighted by Gasteiger charge is 2.39. The maximum absolute atomic E-state index is 12.4. The number of benzene rings is 2. The van der Waals surface area contributed by atoms with E-state index in [1.807, 2.05) is 0 Å². The molecule has 0 bridgehead atoms. The van der Waals surface area contributed by atoms with Crippen LogP contribution in [-0.4, -0.2) is 22.4 Å². The van der Waals surface area contributed by atoms with Gasteiger partial charge in [0.1, 0.15) is 0 Å². The van der Waals surface area contributed by atoms with Gasteiger partial charge >= 0.3 is 12.1 Å². The molecule has 122 valence electrons. The zero-order valence-electron chi connectivity index (χ0n) is 12.2. The number of aliphatic carboxylic acids is 1. The Bertz CT molecular complexity index is 676. The minimum Gasteiger partial charge on any atom is -0.481 e. The smallest absolute Gasteiger partial charge is 0.418 e. The van der Waals surface area contributed by atoms with Crippen LogP contribution < -0.4 is 0 Å². The quantitative estimate of drug-likeness (QED) is 0.889. The van der Waals surface area contributed by atoms with Crippen LogP contribution in [0.5, 0.6) is 0 Å². The third kappa shape index (κ3) is 3.90. The van der Waals surface area contributed by atoms with Gasteiger partial charge in [-0.1, -0.05) is 48.5 Å². The largest absolute Gasteiger partial charge is 0.481 e. The van der Waals surface area contributed by atoms with Crippen molar-refractivity contribution in [2.45, 2.75) is 25.1 Å². The SMILES string of the molecule is C[C@H](C(=O)O)c1ccc(-c2ccc([C@@H](O)C(F)(F)F)cc2)cc1. The molecule has 0 saturated heterocycles. The van der Waals surface area contributed by atoms with E-state index in [2.05, 4.69) is 0 Å². The van der Waals surface area contributed by atoms with Crippen LogP contribution in [0.15, 0.2) is 48.5 Å². The molecular formula is C17H15F3O3. The first-order chi connectivity index (χ1) is 10.7. The fourth-order valence-electron chi connectivity index (χ4n) is 2.15. The normalized spacial score (nSPS) is 14.3. The predicted molar refractivity (Wildman–Crippen MR) is 78.9 cm³/mol. The molecule has 0 aliphatic carbocycles. The minimum absolute atomic E-state index is 0.225. The van der Waals surface area contributed by atoms with Crippen LogP contribution in [0.2, 0.25) is 0 Å². The van der Waals surface area contributed by atoms with Gasteiger partial charge in [-0.15, -0.1) is 0 Å². The lowest BCUT2D eigenvalue weighted by Crippen LogP contribution is -2.19. The molecule has 0 amide bonds. The summed E-state index contributed by atoms with van der Waals surface area (Å²) in [6, 6.07) is 12.2. The van der Waals surface area contributed by atoms with Gasteiger partial charge in [0.25, 0.3) is 0 Å². The molecule has 2 N–H and O–H groups in total. The molecule has 0 aromatic heterocycles. The number of carboxylic acids is 1. The van der Waals surface area contributed by atoms with Crippen LogP contribution >= 0.6 is 0 Å². The summed E-state index contributed by atoms with van der Waals surface area (Å²) in [6.45, 7) is 1.57. The number of carboxylic acid groups (broad SMARTS) is 1. The molecule has 0 aliphatic heterocycles. The molecule has 6 heteroatoms. The molecule has 2 rings (SSSR count). The molecule has 0 unspecified atom stereocenters. The van der Waals surface area contributed by atoms with E-state index >= 15 is 0 Å². The van der Waals surface area contributed by atoms with Crippen molar-refractivity contribution >= 4 is 5.97 Å². The predicted octanol–water partition coefficient (Wildman–Crippen LogP) is 4.14. The number of aliphatic hydroxyl groups excluding tert-OH is 1. The molecular weight excluding hydrogens is 309 g/mol. The van der Waals surface area contributed by atoms with Gasteiger partial charge in [0.15, 0.2) is 6.10 Å². The van der Waals surface area contributed by atoms with Crippen molar-refractivity contribution in [1.29, 1.82) is 0 Å². The molecule has 2 aromatic carbocycles. The van der Waals surface area contributed by atoms with E-state index in [1.54, 1.807) is 31.2 Å². The number of carbonyl (C=O) groups is 1. The van der Waals surface area contributed by atoms with Gasteiger partial charge < -0.3 is 10.2 Å². The van der Waals surface area contributed by atoms with Crippen LogP contribution in [0.1, 0.15) is 30.1 Å². The van der Waals surface area contributed by atoms with E-state index in [9.17, 15) is 23.1 Å². The summed E-state index contributed by atoms with van der Waals surface area (Å²) < 4.78 is 37.3. The lowest BCUT2D eigenvalue weighted by molar-refractivity contribution is -0.206. The van der Waals surface area contributed by atoms with Gasteiger partial charge in [0, 0.05) is 0 Å². The van der Waals surface area contributed by atoms with Crippen molar-refractivity contribution in [1.82, 2.24) is 0 Å². The number of halogens is 3. The highest BCUT2D eigenvalue weighted by molar-refractivity contribution is 5.76. The van der Waals surface area contributed by atoms with Crippen LogP contribution in [0.25, 0.3) is 11.1 Å². The van der Waals surface area contributed by atoms with Crippen LogP contribution in [-0.2, 0) is 4.79 Å². The highest BCUT2D eigenvalue weighted by atomic mass is 19.4. The van der Waals surface area contributed by atoms with Gasteiger partial charge in [-0.05, 0) is 29.2 Å². The number of rotatable bonds is 4. The van der Waals surface area contributed by atoms with Crippen LogP contribution in [0.3, 0.4) is 0 Å². The Balaban J connectivity index is 2.21. The van der Waals surface area contributed by atoms with Gasteiger partial charge in [-0.25, -0.2) is 0 Å². The Morgan fingerprint density at radius 1 is 0.913 bits per heavy atom. The van der Waals surface area contributed by atoms with Crippen molar-refractivity contribution in [2.24, 2.45) is 0 Å².